The molecule has 0 saturated heterocycles. The second kappa shape index (κ2) is 7.08. The first-order valence-corrected chi connectivity index (χ1v) is 8.45. The van der Waals surface area contributed by atoms with Crippen LogP contribution in [-0.4, -0.2) is 38.4 Å². The monoisotopic (exact) mass is 394 g/mol. The molecule has 2 aromatic heterocycles. The van der Waals surface area contributed by atoms with Gasteiger partial charge in [-0.3, -0.25) is 14.2 Å². The smallest absolute Gasteiger partial charge is 0.276 e. The fourth-order valence-corrected chi connectivity index (χ4v) is 2.93. The van der Waals surface area contributed by atoms with Crippen molar-refractivity contribution in [2.45, 2.75) is 0 Å². The number of fused-ring (bicyclic) bond motifs is 1. The summed E-state index contributed by atoms with van der Waals surface area (Å²) in [7, 11) is 1.34. The Kier molecular flexibility index (Phi) is 4.43. The number of rotatable bonds is 5. The summed E-state index contributed by atoms with van der Waals surface area (Å²) in [5.74, 6) is -2.04. The Labute approximate surface area is 163 Å². The number of H-pyrrole nitrogens is 1. The minimum absolute atomic E-state index is 0.121. The number of primary amides is 1. The number of amides is 2. The molecule has 0 radical (unpaired) electrons. The molecule has 2 amide bonds. The molecule has 4 N–H and O–H groups in total. The number of aromatic nitrogens is 4. The lowest BCUT2D eigenvalue weighted by Crippen LogP contribution is -2.23. The van der Waals surface area contributed by atoms with E-state index in [0.717, 1.165) is 5.52 Å². The van der Waals surface area contributed by atoms with Crippen LogP contribution in [-0.2, 0) is 0 Å². The lowest BCUT2D eigenvalue weighted by Gasteiger charge is -2.10. The molecular formula is C19H15FN6O3. The lowest BCUT2D eigenvalue weighted by molar-refractivity contribution is 0.0970. The molecule has 2 heterocycles. The van der Waals surface area contributed by atoms with Gasteiger partial charge in [0, 0.05) is 0 Å². The highest BCUT2D eigenvalue weighted by Crippen LogP contribution is 2.28. The molecule has 0 aliphatic heterocycles. The lowest BCUT2D eigenvalue weighted by atomic mass is 10.2. The van der Waals surface area contributed by atoms with Crippen LogP contribution in [0.15, 0.2) is 48.8 Å². The molecule has 2 aromatic carbocycles. The van der Waals surface area contributed by atoms with Gasteiger partial charge in [-0.25, -0.2) is 14.4 Å². The second-order valence-corrected chi connectivity index (χ2v) is 6.02. The van der Waals surface area contributed by atoms with Crippen LogP contribution in [0.3, 0.4) is 0 Å². The number of nitrogens with zero attached hydrogens (tertiary/aromatic N) is 3. The predicted molar refractivity (Wildman–Crippen MR) is 103 cm³/mol. The summed E-state index contributed by atoms with van der Waals surface area (Å²) >= 11 is 0. The van der Waals surface area contributed by atoms with E-state index >= 15 is 0 Å². The van der Waals surface area contributed by atoms with Gasteiger partial charge in [0.1, 0.15) is 23.5 Å². The van der Waals surface area contributed by atoms with Gasteiger partial charge in [-0.2, -0.15) is 0 Å². The SMILES string of the molecule is COc1cccc(F)c1NC(=O)c1ncn(-c2nc3ccccc3[nH]2)c1C(N)=O. The van der Waals surface area contributed by atoms with Crippen molar-refractivity contribution in [3.63, 3.8) is 0 Å². The number of imidazole rings is 2. The van der Waals surface area contributed by atoms with Crippen molar-refractivity contribution in [2.24, 2.45) is 5.73 Å². The molecular weight excluding hydrogens is 379 g/mol. The van der Waals surface area contributed by atoms with Crippen LogP contribution in [0.1, 0.15) is 21.0 Å². The summed E-state index contributed by atoms with van der Waals surface area (Å²) < 4.78 is 20.5. The minimum Gasteiger partial charge on any atom is -0.494 e. The molecule has 0 unspecified atom stereocenters. The average Bonchev–Trinajstić information content (AvgIpc) is 3.33. The zero-order valence-corrected chi connectivity index (χ0v) is 15.1. The third-order valence-electron chi connectivity index (χ3n) is 4.25. The van der Waals surface area contributed by atoms with E-state index in [4.69, 9.17) is 10.5 Å². The third kappa shape index (κ3) is 3.16. The Balaban J connectivity index is 1.75. The van der Waals surface area contributed by atoms with Gasteiger partial charge in [0.25, 0.3) is 11.8 Å². The Morgan fingerprint density at radius 3 is 2.72 bits per heavy atom. The fraction of sp³-hybridized carbons (Fsp3) is 0.0526. The quantitative estimate of drug-likeness (QED) is 0.478. The normalized spacial score (nSPS) is 10.8. The largest absolute Gasteiger partial charge is 0.494 e. The van der Waals surface area contributed by atoms with Gasteiger partial charge >= 0.3 is 0 Å². The van der Waals surface area contributed by atoms with E-state index in [0.29, 0.717) is 5.52 Å². The average molecular weight is 394 g/mol. The van der Waals surface area contributed by atoms with E-state index in [1.807, 2.05) is 18.2 Å². The summed E-state index contributed by atoms with van der Waals surface area (Å²) in [5, 5.41) is 2.38. The molecule has 4 aromatic rings. The number of nitrogens with one attached hydrogen (secondary N) is 2. The molecule has 29 heavy (non-hydrogen) atoms. The molecule has 0 bridgehead atoms. The molecule has 0 aliphatic rings. The number of benzene rings is 2. The summed E-state index contributed by atoms with van der Waals surface area (Å²) in [5.41, 5.74) is 6.23. The van der Waals surface area contributed by atoms with E-state index in [1.165, 1.54) is 36.2 Å². The van der Waals surface area contributed by atoms with Crippen molar-refractivity contribution in [1.82, 2.24) is 19.5 Å². The van der Waals surface area contributed by atoms with Crippen molar-refractivity contribution < 1.29 is 18.7 Å². The number of hydrogen-bond acceptors (Lipinski definition) is 5. The van der Waals surface area contributed by atoms with Crippen LogP contribution < -0.4 is 15.8 Å². The molecule has 0 fully saturated rings. The van der Waals surface area contributed by atoms with Gasteiger partial charge in [-0.15, -0.1) is 0 Å². The summed E-state index contributed by atoms with van der Waals surface area (Å²) in [6.07, 6.45) is 1.24. The Morgan fingerprint density at radius 1 is 1.21 bits per heavy atom. The zero-order chi connectivity index (χ0) is 20.5. The second-order valence-electron chi connectivity index (χ2n) is 6.02. The minimum atomic E-state index is -0.895. The topological polar surface area (TPSA) is 128 Å². The van der Waals surface area contributed by atoms with Crippen molar-refractivity contribution in [2.75, 3.05) is 12.4 Å². The fourth-order valence-electron chi connectivity index (χ4n) is 2.93. The maximum Gasteiger partial charge on any atom is 0.276 e. The molecule has 0 aliphatic carbocycles. The van der Waals surface area contributed by atoms with Crippen LogP contribution in [0.25, 0.3) is 17.0 Å². The Hall–Kier alpha value is -4.21. The number of methoxy groups -OCH3 is 1. The number of anilines is 1. The number of halogens is 1. The summed E-state index contributed by atoms with van der Waals surface area (Å²) in [6, 6.07) is 11.3. The highest BCUT2D eigenvalue weighted by atomic mass is 19.1. The number of para-hydroxylation sites is 3. The van der Waals surface area contributed by atoms with E-state index in [2.05, 4.69) is 20.3 Å². The number of nitrogens with two attached hydrogens (primary N) is 1. The molecule has 10 heteroatoms. The number of carbonyl (C=O) groups excluding carboxylic acids is 2. The molecule has 9 nitrogen and oxygen atoms in total. The van der Waals surface area contributed by atoms with E-state index in [-0.39, 0.29) is 28.8 Å². The van der Waals surface area contributed by atoms with Crippen LogP contribution in [0.4, 0.5) is 10.1 Å². The van der Waals surface area contributed by atoms with Gasteiger partial charge < -0.3 is 20.8 Å². The number of aromatic amines is 1. The van der Waals surface area contributed by atoms with Crippen LogP contribution in [0.5, 0.6) is 5.75 Å². The number of hydrogen-bond donors (Lipinski definition) is 3. The molecule has 146 valence electrons. The summed E-state index contributed by atoms with van der Waals surface area (Å²) in [4.78, 5) is 36.2. The number of ether oxygens (including phenoxy) is 1. The van der Waals surface area contributed by atoms with Gasteiger partial charge in [0.15, 0.2) is 11.5 Å². The standard InChI is InChI=1S/C19H15FN6O3/c1-29-13-8-4-5-10(20)14(13)25-18(28)15-16(17(21)27)26(9-22-15)19-23-11-6-2-3-7-12(11)24-19/h2-9H,1H3,(H2,21,27)(H,23,24)(H,25,28). The molecule has 0 saturated carbocycles. The van der Waals surface area contributed by atoms with Crippen LogP contribution >= 0.6 is 0 Å². The first kappa shape index (κ1) is 18.2. The zero-order valence-electron chi connectivity index (χ0n) is 15.1. The van der Waals surface area contributed by atoms with Crippen molar-refractivity contribution in [3.8, 4) is 11.7 Å². The van der Waals surface area contributed by atoms with Gasteiger partial charge in [0.2, 0.25) is 5.95 Å². The van der Waals surface area contributed by atoms with Gasteiger partial charge in [-0.1, -0.05) is 18.2 Å². The Bertz CT molecular complexity index is 1210. The van der Waals surface area contributed by atoms with E-state index in [9.17, 15) is 14.0 Å². The van der Waals surface area contributed by atoms with Crippen LogP contribution in [0.2, 0.25) is 0 Å². The van der Waals surface area contributed by atoms with E-state index < -0.39 is 17.6 Å². The molecule has 4 rings (SSSR count). The van der Waals surface area contributed by atoms with Crippen molar-refractivity contribution in [1.29, 1.82) is 0 Å². The van der Waals surface area contributed by atoms with E-state index in [1.54, 1.807) is 6.07 Å². The highest BCUT2D eigenvalue weighted by molar-refractivity contribution is 6.10. The van der Waals surface area contributed by atoms with Crippen LogP contribution in [0, 0.1) is 5.82 Å². The maximum absolute atomic E-state index is 14.1. The molecule has 0 atom stereocenters. The first-order chi connectivity index (χ1) is 14.0. The third-order valence-corrected chi connectivity index (χ3v) is 4.25. The Morgan fingerprint density at radius 2 is 2.00 bits per heavy atom. The van der Waals surface area contributed by atoms with Gasteiger partial charge in [-0.05, 0) is 24.3 Å². The van der Waals surface area contributed by atoms with Gasteiger partial charge in [0.05, 0.1) is 18.1 Å². The predicted octanol–water partition coefficient (Wildman–Crippen LogP) is 2.25. The number of carbonyl (C=O) groups is 2. The first-order valence-electron chi connectivity index (χ1n) is 8.45. The van der Waals surface area contributed by atoms with Crippen molar-refractivity contribution in [3.05, 3.63) is 66.0 Å². The van der Waals surface area contributed by atoms with Crippen molar-refractivity contribution >= 4 is 28.5 Å². The molecule has 0 spiro atoms. The maximum atomic E-state index is 14.1. The summed E-state index contributed by atoms with van der Waals surface area (Å²) in [6.45, 7) is 0. The highest BCUT2D eigenvalue weighted by Gasteiger charge is 2.25.